The number of rotatable bonds is 6. The number of phenolic OH excluding ortho intramolecular Hbond substituents is 1. The van der Waals surface area contributed by atoms with Crippen LogP contribution in [0, 0.1) is 13.8 Å². The van der Waals surface area contributed by atoms with Gasteiger partial charge in [-0.3, -0.25) is 4.79 Å². The summed E-state index contributed by atoms with van der Waals surface area (Å²) in [6.07, 6.45) is 2.88. The molecule has 3 aromatic carbocycles. The number of likely N-dealkylation sites (tertiary alicyclic amines) is 1. The van der Waals surface area contributed by atoms with Crippen molar-refractivity contribution in [3.05, 3.63) is 81.3 Å². The van der Waals surface area contributed by atoms with Gasteiger partial charge in [-0.1, -0.05) is 51.8 Å². The van der Waals surface area contributed by atoms with Crippen molar-refractivity contribution in [3.8, 4) is 22.6 Å². The standard InChI is InChI=1S/C27H28BrNO3/c1-18-6-5-7-21(12-18)24-15-20(8-9-26(24)30)14-23-19(2)13-22(16-25(23)28)32-17-27(31)29-10-3-4-11-29/h5-9,12-13,15-16,30H,3-4,10-11,14,17H2,1-2H3. The Hall–Kier alpha value is -2.79. The first-order valence-electron chi connectivity index (χ1n) is 11.0. The predicted molar refractivity (Wildman–Crippen MR) is 131 cm³/mol. The van der Waals surface area contributed by atoms with E-state index in [0.29, 0.717) is 5.75 Å². The lowest BCUT2D eigenvalue weighted by Gasteiger charge is -2.17. The van der Waals surface area contributed by atoms with Gasteiger partial charge in [0.25, 0.3) is 5.91 Å². The van der Waals surface area contributed by atoms with Gasteiger partial charge in [0.2, 0.25) is 0 Å². The SMILES string of the molecule is Cc1cccc(-c2cc(Cc3c(C)cc(OCC(=O)N4CCCC4)cc3Br)ccc2O)c1. The second-order valence-electron chi connectivity index (χ2n) is 8.47. The molecular formula is C27H28BrNO3. The summed E-state index contributed by atoms with van der Waals surface area (Å²) in [6.45, 7) is 5.84. The highest BCUT2D eigenvalue weighted by Crippen LogP contribution is 2.33. The van der Waals surface area contributed by atoms with Crippen molar-refractivity contribution in [1.29, 1.82) is 0 Å². The lowest BCUT2D eigenvalue weighted by Crippen LogP contribution is -2.32. The molecule has 1 fully saturated rings. The predicted octanol–water partition coefficient (Wildman–Crippen LogP) is 6.03. The second kappa shape index (κ2) is 9.78. The van der Waals surface area contributed by atoms with Gasteiger partial charge in [-0.05, 0) is 79.6 Å². The summed E-state index contributed by atoms with van der Waals surface area (Å²) < 4.78 is 6.75. The molecule has 0 saturated carbocycles. The summed E-state index contributed by atoms with van der Waals surface area (Å²) in [4.78, 5) is 14.1. The molecule has 5 heteroatoms. The maximum atomic E-state index is 12.3. The summed E-state index contributed by atoms with van der Waals surface area (Å²) >= 11 is 3.69. The Kier molecular flexibility index (Phi) is 6.85. The monoisotopic (exact) mass is 493 g/mol. The van der Waals surface area contributed by atoms with E-state index in [1.165, 1.54) is 0 Å². The van der Waals surface area contributed by atoms with Crippen LogP contribution in [0.3, 0.4) is 0 Å². The second-order valence-corrected chi connectivity index (χ2v) is 9.33. The van der Waals surface area contributed by atoms with E-state index in [-0.39, 0.29) is 18.3 Å². The van der Waals surface area contributed by atoms with Crippen molar-refractivity contribution in [2.24, 2.45) is 0 Å². The molecule has 166 valence electrons. The van der Waals surface area contributed by atoms with E-state index in [0.717, 1.165) is 70.2 Å². The molecule has 1 heterocycles. The van der Waals surface area contributed by atoms with Gasteiger partial charge < -0.3 is 14.7 Å². The number of hydrogen-bond acceptors (Lipinski definition) is 3. The maximum absolute atomic E-state index is 12.3. The van der Waals surface area contributed by atoms with E-state index in [4.69, 9.17) is 4.74 Å². The summed E-state index contributed by atoms with van der Waals surface area (Å²) in [5, 5.41) is 10.4. The first kappa shape index (κ1) is 22.4. The van der Waals surface area contributed by atoms with E-state index in [1.807, 2.05) is 48.2 Å². The highest BCUT2D eigenvalue weighted by Gasteiger charge is 2.18. The maximum Gasteiger partial charge on any atom is 0.260 e. The Morgan fingerprint density at radius 1 is 1.06 bits per heavy atom. The zero-order valence-electron chi connectivity index (χ0n) is 18.5. The third kappa shape index (κ3) is 5.16. The Bertz CT molecular complexity index is 1110. The highest BCUT2D eigenvalue weighted by atomic mass is 79.9. The van der Waals surface area contributed by atoms with Crippen LogP contribution in [0.1, 0.15) is 35.1 Å². The molecule has 0 unspecified atom stereocenters. The Labute approximate surface area is 198 Å². The molecule has 4 rings (SSSR count). The zero-order chi connectivity index (χ0) is 22.7. The first-order chi connectivity index (χ1) is 15.4. The molecule has 1 saturated heterocycles. The minimum absolute atomic E-state index is 0.0492. The number of carbonyl (C=O) groups is 1. The van der Waals surface area contributed by atoms with Crippen LogP contribution in [0.5, 0.6) is 11.5 Å². The van der Waals surface area contributed by atoms with Crippen LogP contribution in [0.15, 0.2) is 59.1 Å². The summed E-state index contributed by atoms with van der Waals surface area (Å²) in [7, 11) is 0. The number of halogens is 1. The quantitative estimate of drug-likeness (QED) is 0.455. The van der Waals surface area contributed by atoms with Crippen molar-refractivity contribution in [2.75, 3.05) is 19.7 Å². The average Bonchev–Trinajstić information content (AvgIpc) is 3.31. The number of ether oxygens (including phenoxy) is 1. The van der Waals surface area contributed by atoms with Crippen LogP contribution in [-0.2, 0) is 11.2 Å². The highest BCUT2D eigenvalue weighted by molar-refractivity contribution is 9.10. The van der Waals surface area contributed by atoms with Crippen molar-refractivity contribution in [2.45, 2.75) is 33.1 Å². The first-order valence-corrected chi connectivity index (χ1v) is 11.8. The lowest BCUT2D eigenvalue weighted by atomic mass is 9.96. The van der Waals surface area contributed by atoms with Gasteiger partial charge >= 0.3 is 0 Å². The Balaban J connectivity index is 1.51. The van der Waals surface area contributed by atoms with E-state index in [2.05, 4.69) is 35.0 Å². The molecule has 1 N–H and O–H groups in total. The van der Waals surface area contributed by atoms with Gasteiger partial charge in [-0.15, -0.1) is 0 Å². The largest absolute Gasteiger partial charge is 0.507 e. The van der Waals surface area contributed by atoms with Crippen molar-refractivity contribution < 1.29 is 14.6 Å². The van der Waals surface area contributed by atoms with E-state index >= 15 is 0 Å². The summed E-state index contributed by atoms with van der Waals surface area (Å²) in [5.41, 5.74) is 6.36. The fourth-order valence-corrected chi connectivity index (χ4v) is 4.87. The molecule has 4 nitrogen and oxygen atoms in total. The van der Waals surface area contributed by atoms with E-state index in [9.17, 15) is 9.90 Å². The van der Waals surface area contributed by atoms with Gasteiger partial charge in [0.1, 0.15) is 11.5 Å². The van der Waals surface area contributed by atoms with Crippen molar-refractivity contribution >= 4 is 21.8 Å². The van der Waals surface area contributed by atoms with Crippen LogP contribution in [0.25, 0.3) is 11.1 Å². The molecule has 32 heavy (non-hydrogen) atoms. The normalized spacial score (nSPS) is 13.4. The topological polar surface area (TPSA) is 49.8 Å². The molecule has 3 aromatic rings. The third-order valence-corrected chi connectivity index (χ3v) is 6.69. The number of amides is 1. The molecule has 1 amide bonds. The number of aryl methyl sites for hydroxylation is 2. The van der Waals surface area contributed by atoms with Crippen LogP contribution in [0.4, 0.5) is 0 Å². The Morgan fingerprint density at radius 3 is 2.56 bits per heavy atom. The molecular weight excluding hydrogens is 466 g/mol. The van der Waals surface area contributed by atoms with E-state index in [1.54, 1.807) is 6.07 Å². The fourth-order valence-electron chi connectivity index (χ4n) is 4.19. The van der Waals surface area contributed by atoms with Gasteiger partial charge in [0.05, 0.1) is 0 Å². The molecule has 0 aliphatic carbocycles. The minimum atomic E-state index is 0.0492. The zero-order valence-corrected chi connectivity index (χ0v) is 20.1. The fraction of sp³-hybridized carbons (Fsp3) is 0.296. The number of hydrogen-bond donors (Lipinski definition) is 1. The number of phenols is 1. The van der Waals surface area contributed by atoms with Gasteiger partial charge in [0, 0.05) is 23.1 Å². The average molecular weight is 494 g/mol. The third-order valence-electron chi connectivity index (χ3n) is 5.98. The number of carbonyl (C=O) groups excluding carboxylic acids is 1. The molecule has 1 aliphatic heterocycles. The molecule has 0 radical (unpaired) electrons. The van der Waals surface area contributed by atoms with Crippen LogP contribution in [0.2, 0.25) is 0 Å². The summed E-state index contributed by atoms with van der Waals surface area (Å²) in [5.74, 6) is 1.02. The number of nitrogens with zero attached hydrogens (tertiary/aromatic N) is 1. The molecule has 0 atom stereocenters. The molecule has 0 spiro atoms. The van der Waals surface area contributed by atoms with Crippen LogP contribution in [-0.4, -0.2) is 35.6 Å². The minimum Gasteiger partial charge on any atom is -0.507 e. The van der Waals surface area contributed by atoms with Gasteiger partial charge in [-0.25, -0.2) is 0 Å². The van der Waals surface area contributed by atoms with Gasteiger partial charge in [0.15, 0.2) is 6.61 Å². The molecule has 0 bridgehead atoms. The van der Waals surface area contributed by atoms with Crippen molar-refractivity contribution in [3.63, 3.8) is 0 Å². The number of benzene rings is 3. The molecule has 0 aromatic heterocycles. The van der Waals surface area contributed by atoms with E-state index < -0.39 is 0 Å². The smallest absolute Gasteiger partial charge is 0.260 e. The molecule has 1 aliphatic rings. The Morgan fingerprint density at radius 2 is 1.84 bits per heavy atom. The lowest BCUT2D eigenvalue weighted by molar-refractivity contribution is -0.132. The van der Waals surface area contributed by atoms with Crippen molar-refractivity contribution in [1.82, 2.24) is 4.90 Å². The van der Waals surface area contributed by atoms with Crippen LogP contribution < -0.4 is 4.74 Å². The van der Waals surface area contributed by atoms with Crippen LogP contribution >= 0.6 is 15.9 Å². The number of aromatic hydroxyl groups is 1. The summed E-state index contributed by atoms with van der Waals surface area (Å²) in [6, 6.07) is 17.8. The van der Waals surface area contributed by atoms with Gasteiger partial charge in [-0.2, -0.15) is 0 Å².